The number of nitrogens with one attached hydrogen (secondary N) is 1. The molecule has 0 fully saturated rings. The molecule has 0 saturated heterocycles. The van der Waals surface area contributed by atoms with Crippen molar-refractivity contribution in [2.45, 2.75) is 6.92 Å². The number of aryl methyl sites for hydroxylation is 1. The summed E-state index contributed by atoms with van der Waals surface area (Å²) in [4.78, 5) is 8.66. The summed E-state index contributed by atoms with van der Waals surface area (Å²) in [6.07, 6.45) is 1.45. The first-order chi connectivity index (χ1) is 12.1. The zero-order valence-electron chi connectivity index (χ0n) is 14.5. The van der Waals surface area contributed by atoms with Crippen LogP contribution in [-0.4, -0.2) is 36.4 Å². The monoisotopic (exact) mass is 341 g/mol. The van der Waals surface area contributed by atoms with E-state index in [1.54, 1.807) is 45.6 Å². The normalized spacial score (nSPS) is 10.6. The largest absolute Gasteiger partial charge is 0.508 e. The number of methoxy groups -OCH3 is 3. The van der Waals surface area contributed by atoms with E-state index in [0.717, 1.165) is 16.6 Å². The number of phenolic OH excluding ortho intramolecular Hbond substituents is 1. The third kappa shape index (κ3) is 2.96. The number of anilines is 2. The van der Waals surface area contributed by atoms with Crippen molar-refractivity contribution in [3.8, 4) is 23.0 Å². The van der Waals surface area contributed by atoms with Gasteiger partial charge in [-0.05, 0) is 36.8 Å². The van der Waals surface area contributed by atoms with Gasteiger partial charge in [0.05, 0.1) is 26.7 Å². The second-order valence-electron chi connectivity index (χ2n) is 5.39. The maximum absolute atomic E-state index is 9.57. The molecule has 3 rings (SSSR count). The highest BCUT2D eigenvalue weighted by molar-refractivity contribution is 5.97. The van der Waals surface area contributed by atoms with Gasteiger partial charge in [-0.3, -0.25) is 0 Å². The third-order valence-corrected chi connectivity index (χ3v) is 3.90. The van der Waals surface area contributed by atoms with Crippen molar-refractivity contribution in [3.63, 3.8) is 0 Å². The first kappa shape index (κ1) is 16.6. The highest BCUT2D eigenvalue weighted by atomic mass is 16.5. The molecular formula is C18H19N3O4. The van der Waals surface area contributed by atoms with Crippen LogP contribution in [0, 0.1) is 6.92 Å². The zero-order valence-corrected chi connectivity index (χ0v) is 14.5. The SMILES string of the molecule is COc1cc2c(Nc3ccc(O)cc3C)ncnc2c(OC)c1OC. The minimum absolute atomic E-state index is 0.212. The number of rotatable bonds is 5. The van der Waals surface area contributed by atoms with Crippen molar-refractivity contribution >= 4 is 22.4 Å². The van der Waals surface area contributed by atoms with E-state index in [1.165, 1.54) is 6.33 Å². The average molecular weight is 341 g/mol. The minimum Gasteiger partial charge on any atom is -0.508 e. The average Bonchev–Trinajstić information content (AvgIpc) is 2.62. The predicted octanol–water partition coefficient (Wildman–Crippen LogP) is 3.41. The fourth-order valence-electron chi connectivity index (χ4n) is 2.68. The lowest BCUT2D eigenvalue weighted by Crippen LogP contribution is -2.01. The van der Waals surface area contributed by atoms with Crippen LogP contribution < -0.4 is 19.5 Å². The Bertz CT molecular complexity index is 928. The second-order valence-corrected chi connectivity index (χ2v) is 5.39. The molecule has 2 N–H and O–H groups in total. The van der Waals surface area contributed by atoms with Crippen molar-refractivity contribution in [2.24, 2.45) is 0 Å². The summed E-state index contributed by atoms with van der Waals surface area (Å²) in [6, 6.07) is 6.88. The molecule has 0 spiro atoms. The molecule has 0 aliphatic rings. The molecule has 1 heterocycles. The lowest BCUT2D eigenvalue weighted by atomic mass is 10.1. The van der Waals surface area contributed by atoms with Gasteiger partial charge in [-0.1, -0.05) is 0 Å². The summed E-state index contributed by atoms with van der Waals surface area (Å²) < 4.78 is 16.3. The molecule has 0 aliphatic heterocycles. The molecule has 25 heavy (non-hydrogen) atoms. The van der Waals surface area contributed by atoms with Gasteiger partial charge in [0.2, 0.25) is 5.75 Å². The third-order valence-electron chi connectivity index (χ3n) is 3.90. The Morgan fingerprint density at radius 3 is 2.36 bits per heavy atom. The molecule has 1 aromatic heterocycles. The van der Waals surface area contributed by atoms with E-state index < -0.39 is 0 Å². The Kier molecular flexibility index (Phi) is 4.47. The molecule has 0 saturated carbocycles. The molecule has 0 unspecified atom stereocenters. The van der Waals surface area contributed by atoms with Gasteiger partial charge in [-0.2, -0.15) is 0 Å². The lowest BCUT2D eigenvalue weighted by Gasteiger charge is -2.16. The molecule has 0 bridgehead atoms. The molecule has 2 aromatic carbocycles. The smallest absolute Gasteiger partial charge is 0.205 e. The fourth-order valence-corrected chi connectivity index (χ4v) is 2.68. The number of aromatic nitrogens is 2. The van der Waals surface area contributed by atoms with Gasteiger partial charge in [0.15, 0.2) is 11.5 Å². The summed E-state index contributed by atoms with van der Waals surface area (Å²) in [5, 5.41) is 13.6. The van der Waals surface area contributed by atoms with Crippen LogP contribution in [0.3, 0.4) is 0 Å². The lowest BCUT2D eigenvalue weighted by molar-refractivity contribution is 0.327. The van der Waals surface area contributed by atoms with Crippen molar-refractivity contribution in [1.82, 2.24) is 9.97 Å². The number of ether oxygens (including phenoxy) is 3. The van der Waals surface area contributed by atoms with Crippen LogP contribution in [0.2, 0.25) is 0 Å². The Labute approximate surface area is 145 Å². The maximum Gasteiger partial charge on any atom is 0.205 e. The highest BCUT2D eigenvalue weighted by Crippen LogP contribution is 2.44. The van der Waals surface area contributed by atoms with Gasteiger partial charge in [0, 0.05) is 5.69 Å². The van der Waals surface area contributed by atoms with Gasteiger partial charge in [0.1, 0.15) is 23.4 Å². The van der Waals surface area contributed by atoms with Crippen LogP contribution in [-0.2, 0) is 0 Å². The maximum atomic E-state index is 9.57. The number of hydrogen-bond acceptors (Lipinski definition) is 7. The van der Waals surface area contributed by atoms with Gasteiger partial charge >= 0.3 is 0 Å². The highest BCUT2D eigenvalue weighted by Gasteiger charge is 2.19. The van der Waals surface area contributed by atoms with E-state index in [9.17, 15) is 5.11 Å². The van der Waals surface area contributed by atoms with Crippen molar-refractivity contribution < 1.29 is 19.3 Å². The fraction of sp³-hybridized carbons (Fsp3) is 0.222. The first-order valence-electron chi connectivity index (χ1n) is 7.59. The van der Waals surface area contributed by atoms with E-state index in [0.29, 0.717) is 28.6 Å². The van der Waals surface area contributed by atoms with Gasteiger partial charge in [0.25, 0.3) is 0 Å². The summed E-state index contributed by atoms with van der Waals surface area (Å²) >= 11 is 0. The molecule has 7 nitrogen and oxygen atoms in total. The van der Waals surface area contributed by atoms with Crippen LogP contribution in [0.1, 0.15) is 5.56 Å². The van der Waals surface area contributed by atoms with E-state index in [2.05, 4.69) is 15.3 Å². The zero-order chi connectivity index (χ0) is 18.0. The summed E-state index contributed by atoms with van der Waals surface area (Å²) in [7, 11) is 4.66. The van der Waals surface area contributed by atoms with Crippen LogP contribution in [0.5, 0.6) is 23.0 Å². The molecule has 3 aromatic rings. The number of nitrogens with zero attached hydrogens (tertiary/aromatic N) is 2. The standard InChI is InChI=1S/C18H19N3O4/c1-10-7-11(22)5-6-13(10)21-18-12-8-14(23-2)16(24-3)17(25-4)15(12)19-9-20-18/h5-9,22H,1-4H3,(H,19,20,21). The van der Waals surface area contributed by atoms with Crippen LogP contribution in [0.4, 0.5) is 11.5 Å². The Morgan fingerprint density at radius 1 is 0.960 bits per heavy atom. The number of hydrogen-bond donors (Lipinski definition) is 2. The number of benzene rings is 2. The molecule has 7 heteroatoms. The number of aromatic hydroxyl groups is 1. The summed E-state index contributed by atoms with van der Waals surface area (Å²) in [5.41, 5.74) is 2.32. The van der Waals surface area contributed by atoms with E-state index in [4.69, 9.17) is 14.2 Å². The Morgan fingerprint density at radius 2 is 1.72 bits per heavy atom. The van der Waals surface area contributed by atoms with Crippen LogP contribution in [0.25, 0.3) is 10.9 Å². The molecule has 130 valence electrons. The van der Waals surface area contributed by atoms with E-state index in [-0.39, 0.29) is 5.75 Å². The van der Waals surface area contributed by atoms with Crippen LogP contribution in [0.15, 0.2) is 30.6 Å². The van der Waals surface area contributed by atoms with Gasteiger partial charge < -0.3 is 24.6 Å². The molecule has 0 atom stereocenters. The van der Waals surface area contributed by atoms with E-state index >= 15 is 0 Å². The van der Waals surface area contributed by atoms with Gasteiger partial charge in [-0.15, -0.1) is 0 Å². The molecule has 0 aliphatic carbocycles. The summed E-state index contributed by atoms with van der Waals surface area (Å²) in [5.74, 6) is 2.28. The Balaban J connectivity index is 2.19. The second kappa shape index (κ2) is 6.72. The van der Waals surface area contributed by atoms with Gasteiger partial charge in [-0.25, -0.2) is 9.97 Å². The molecule has 0 radical (unpaired) electrons. The molecule has 0 amide bonds. The topological polar surface area (TPSA) is 85.7 Å². The van der Waals surface area contributed by atoms with E-state index in [1.807, 2.05) is 6.92 Å². The van der Waals surface area contributed by atoms with Crippen molar-refractivity contribution in [3.05, 3.63) is 36.2 Å². The number of phenols is 1. The first-order valence-corrected chi connectivity index (χ1v) is 7.59. The Hall–Kier alpha value is -3.22. The molecular weight excluding hydrogens is 322 g/mol. The van der Waals surface area contributed by atoms with Crippen molar-refractivity contribution in [2.75, 3.05) is 26.6 Å². The van der Waals surface area contributed by atoms with Crippen molar-refractivity contribution in [1.29, 1.82) is 0 Å². The predicted molar refractivity (Wildman–Crippen MR) is 95.3 cm³/mol. The summed E-state index contributed by atoms with van der Waals surface area (Å²) in [6.45, 7) is 1.90. The number of fused-ring (bicyclic) bond motifs is 1. The quantitative estimate of drug-likeness (QED) is 0.688. The minimum atomic E-state index is 0.212. The van der Waals surface area contributed by atoms with Crippen LogP contribution >= 0.6 is 0 Å².